The number of nitrogens with zero attached hydrogens (tertiary/aromatic N) is 2. The lowest BCUT2D eigenvalue weighted by molar-refractivity contribution is 0.0593. The smallest absolute Gasteiger partial charge is 0.464 e. The molecular formula is C24H21BN2O4. The molecule has 154 valence electrons. The van der Waals surface area contributed by atoms with E-state index in [2.05, 4.69) is 5.10 Å². The van der Waals surface area contributed by atoms with Gasteiger partial charge in [0.1, 0.15) is 5.54 Å². The molecule has 1 aromatic heterocycles. The van der Waals surface area contributed by atoms with Gasteiger partial charge in [0.15, 0.2) is 5.69 Å². The molecule has 0 amide bonds. The van der Waals surface area contributed by atoms with Crippen molar-refractivity contribution < 1.29 is 19.6 Å². The fourth-order valence-corrected chi connectivity index (χ4v) is 3.94. The summed E-state index contributed by atoms with van der Waals surface area (Å²) in [5.41, 5.74) is 1.53. The normalized spacial score (nSPS) is 11.2. The fraction of sp³-hybridized carbons (Fsp3) is 0.0833. The predicted octanol–water partition coefficient (Wildman–Crippen LogP) is 2.19. The first-order valence-electron chi connectivity index (χ1n) is 9.80. The van der Waals surface area contributed by atoms with Crippen molar-refractivity contribution in [1.29, 1.82) is 0 Å². The molecule has 7 heteroatoms. The molecule has 4 aromatic rings. The zero-order valence-electron chi connectivity index (χ0n) is 16.9. The second-order valence-electron chi connectivity index (χ2n) is 7.05. The van der Waals surface area contributed by atoms with Crippen LogP contribution in [0, 0.1) is 0 Å². The minimum atomic E-state index is -1.89. The Hall–Kier alpha value is -3.68. The van der Waals surface area contributed by atoms with Gasteiger partial charge in [0, 0.05) is 11.7 Å². The summed E-state index contributed by atoms with van der Waals surface area (Å²) in [5, 5.41) is 24.4. The van der Waals surface area contributed by atoms with Gasteiger partial charge in [0.05, 0.1) is 7.11 Å². The van der Waals surface area contributed by atoms with Crippen LogP contribution in [-0.4, -0.2) is 40.0 Å². The van der Waals surface area contributed by atoms with Crippen molar-refractivity contribution in [2.24, 2.45) is 0 Å². The van der Waals surface area contributed by atoms with Crippen LogP contribution in [0.3, 0.4) is 0 Å². The maximum atomic E-state index is 12.4. The molecule has 0 spiro atoms. The zero-order chi connectivity index (χ0) is 21.8. The number of carbonyl (C=O) groups is 1. The highest BCUT2D eigenvalue weighted by Gasteiger charge is 2.41. The largest absolute Gasteiger partial charge is 0.492 e. The average Bonchev–Trinajstić information content (AvgIpc) is 3.27. The van der Waals surface area contributed by atoms with Crippen molar-refractivity contribution >= 4 is 18.6 Å². The minimum absolute atomic E-state index is 0.0287. The summed E-state index contributed by atoms with van der Waals surface area (Å²) in [6, 6.07) is 29.3. The molecule has 0 aliphatic carbocycles. The summed E-state index contributed by atoms with van der Waals surface area (Å²) < 4.78 is 6.44. The lowest BCUT2D eigenvalue weighted by Crippen LogP contribution is -2.39. The molecule has 0 fully saturated rings. The standard InChI is InChI=1S/C24H21BN2O4/c1-31-23(28)22-21(25(29)30)17-27(26-22)24(18-11-5-2-6-12-18,19-13-7-3-8-14-19)20-15-9-4-10-16-20/h2-17,29-30H,1H3. The summed E-state index contributed by atoms with van der Waals surface area (Å²) in [6.45, 7) is 0. The highest BCUT2D eigenvalue weighted by Crippen LogP contribution is 2.40. The maximum absolute atomic E-state index is 12.4. The summed E-state index contributed by atoms with van der Waals surface area (Å²) in [7, 11) is -0.656. The van der Waals surface area contributed by atoms with Crippen LogP contribution in [0.5, 0.6) is 0 Å². The lowest BCUT2D eigenvalue weighted by Gasteiger charge is -2.36. The third-order valence-electron chi connectivity index (χ3n) is 5.32. The Labute approximate surface area is 180 Å². The van der Waals surface area contributed by atoms with E-state index < -0.39 is 18.6 Å². The van der Waals surface area contributed by atoms with Crippen LogP contribution in [0.15, 0.2) is 97.2 Å². The van der Waals surface area contributed by atoms with Gasteiger partial charge in [-0.3, -0.25) is 4.68 Å². The van der Waals surface area contributed by atoms with Gasteiger partial charge < -0.3 is 14.8 Å². The van der Waals surface area contributed by atoms with Gasteiger partial charge in [-0.05, 0) is 16.7 Å². The van der Waals surface area contributed by atoms with Crippen molar-refractivity contribution in [3.05, 3.63) is 120 Å². The molecule has 1 heterocycles. The molecule has 0 unspecified atom stereocenters. The lowest BCUT2D eigenvalue weighted by atomic mass is 9.76. The Kier molecular flexibility index (Phi) is 5.71. The molecule has 0 bridgehead atoms. The minimum Gasteiger partial charge on any atom is -0.464 e. The molecule has 4 rings (SSSR count). The van der Waals surface area contributed by atoms with Crippen LogP contribution in [0.2, 0.25) is 0 Å². The van der Waals surface area contributed by atoms with E-state index in [1.54, 1.807) is 4.68 Å². The molecule has 2 N–H and O–H groups in total. The number of hydrogen-bond acceptors (Lipinski definition) is 5. The maximum Gasteiger partial charge on any atom is 0.492 e. The summed E-state index contributed by atoms with van der Waals surface area (Å²) >= 11 is 0. The molecule has 0 radical (unpaired) electrons. The molecule has 31 heavy (non-hydrogen) atoms. The number of benzene rings is 3. The number of aromatic nitrogens is 2. The molecule has 6 nitrogen and oxygen atoms in total. The van der Waals surface area contributed by atoms with Crippen LogP contribution in [0.4, 0.5) is 0 Å². The Balaban J connectivity index is 2.13. The number of hydrogen-bond donors (Lipinski definition) is 2. The third-order valence-corrected chi connectivity index (χ3v) is 5.32. The van der Waals surface area contributed by atoms with Crippen LogP contribution in [0.1, 0.15) is 27.2 Å². The molecule has 0 saturated carbocycles. The summed E-state index contributed by atoms with van der Waals surface area (Å²) in [6.07, 6.45) is 1.49. The van der Waals surface area contributed by atoms with Crippen molar-refractivity contribution in [3.63, 3.8) is 0 Å². The van der Waals surface area contributed by atoms with Crippen molar-refractivity contribution in [3.8, 4) is 0 Å². The van der Waals surface area contributed by atoms with Gasteiger partial charge in [-0.2, -0.15) is 5.10 Å². The van der Waals surface area contributed by atoms with Gasteiger partial charge in [0.25, 0.3) is 0 Å². The molecule has 0 saturated heterocycles. The Bertz CT molecular complexity index is 1070. The highest BCUT2D eigenvalue weighted by molar-refractivity contribution is 6.60. The van der Waals surface area contributed by atoms with Crippen LogP contribution in [0.25, 0.3) is 0 Å². The highest BCUT2D eigenvalue weighted by atomic mass is 16.5. The Morgan fingerprint density at radius 2 is 1.26 bits per heavy atom. The van der Waals surface area contributed by atoms with Crippen molar-refractivity contribution in [2.45, 2.75) is 5.54 Å². The average molecular weight is 412 g/mol. The molecule has 0 atom stereocenters. The summed E-state index contributed by atoms with van der Waals surface area (Å²) in [4.78, 5) is 12.4. The Morgan fingerprint density at radius 3 is 1.61 bits per heavy atom. The van der Waals surface area contributed by atoms with E-state index in [4.69, 9.17) is 4.74 Å². The SMILES string of the molecule is COC(=O)c1nn(C(c2ccccc2)(c2ccccc2)c2ccccc2)cc1B(O)O. The number of ether oxygens (including phenoxy) is 1. The second kappa shape index (κ2) is 8.59. The van der Waals surface area contributed by atoms with Gasteiger partial charge in [-0.1, -0.05) is 91.0 Å². The molecular weight excluding hydrogens is 391 g/mol. The van der Waals surface area contributed by atoms with Gasteiger partial charge in [0.2, 0.25) is 0 Å². The number of esters is 1. The number of rotatable bonds is 6. The molecule has 0 aliphatic heterocycles. The van der Waals surface area contributed by atoms with Crippen molar-refractivity contribution in [2.75, 3.05) is 7.11 Å². The van der Waals surface area contributed by atoms with E-state index in [9.17, 15) is 14.8 Å². The zero-order valence-corrected chi connectivity index (χ0v) is 16.9. The molecule has 0 aliphatic rings. The van der Waals surface area contributed by atoms with E-state index in [1.807, 2.05) is 91.0 Å². The van der Waals surface area contributed by atoms with Crippen LogP contribution >= 0.6 is 0 Å². The van der Waals surface area contributed by atoms with E-state index in [0.29, 0.717) is 0 Å². The van der Waals surface area contributed by atoms with Gasteiger partial charge in [-0.15, -0.1) is 0 Å². The van der Waals surface area contributed by atoms with Gasteiger partial charge >= 0.3 is 13.1 Å². The monoisotopic (exact) mass is 412 g/mol. The van der Waals surface area contributed by atoms with Gasteiger partial charge in [-0.25, -0.2) is 4.79 Å². The molecule has 3 aromatic carbocycles. The predicted molar refractivity (Wildman–Crippen MR) is 118 cm³/mol. The second-order valence-corrected chi connectivity index (χ2v) is 7.05. The van der Waals surface area contributed by atoms with E-state index in [-0.39, 0.29) is 11.2 Å². The quantitative estimate of drug-likeness (QED) is 0.288. The third kappa shape index (κ3) is 3.54. The topological polar surface area (TPSA) is 84.6 Å². The number of carbonyl (C=O) groups excluding carboxylic acids is 1. The fourth-order valence-electron chi connectivity index (χ4n) is 3.94. The summed E-state index contributed by atoms with van der Waals surface area (Å²) in [5.74, 6) is -0.745. The first kappa shape index (κ1) is 20.6. The van der Waals surface area contributed by atoms with E-state index in [1.165, 1.54) is 13.3 Å². The Morgan fingerprint density at radius 1 is 0.839 bits per heavy atom. The first-order chi connectivity index (χ1) is 15.1. The van der Waals surface area contributed by atoms with Crippen molar-refractivity contribution in [1.82, 2.24) is 9.78 Å². The van der Waals surface area contributed by atoms with Crippen LogP contribution < -0.4 is 5.46 Å². The first-order valence-corrected chi connectivity index (χ1v) is 9.80. The van der Waals surface area contributed by atoms with Crippen LogP contribution in [-0.2, 0) is 10.3 Å². The number of methoxy groups -OCH3 is 1. The van der Waals surface area contributed by atoms with E-state index in [0.717, 1.165) is 16.7 Å². The van der Waals surface area contributed by atoms with E-state index >= 15 is 0 Å².